The summed E-state index contributed by atoms with van der Waals surface area (Å²) in [6.45, 7) is 3.88. The predicted octanol–water partition coefficient (Wildman–Crippen LogP) is 2.20. The number of carbonyl (C=O) groups excluding carboxylic acids is 1. The quantitative estimate of drug-likeness (QED) is 0.846. The Balaban J connectivity index is 1.96. The molecule has 0 radical (unpaired) electrons. The van der Waals surface area contributed by atoms with E-state index in [-0.39, 0.29) is 5.97 Å². The highest BCUT2D eigenvalue weighted by atomic mass is 16.5. The molecule has 0 amide bonds. The molecule has 0 saturated heterocycles. The van der Waals surface area contributed by atoms with E-state index in [0.29, 0.717) is 11.6 Å². The molecule has 1 saturated carbocycles. The van der Waals surface area contributed by atoms with Crippen molar-refractivity contribution in [3.8, 4) is 0 Å². The third-order valence-corrected chi connectivity index (χ3v) is 4.71. The molecule has 5 nitrogen and oxygen atoms in total. The first kappa shape index (κ1) is 14.4. The Morgan fingerprint density at radius 1 is 1.24 bits per heavy atom. The Bertz CT molecular complexity index is 537. The van der Waals surface area contributed by atoms with E-state index in [9.17, 15) is 4.79 Å². The van der Waals surface area contributed by atoms with E-state index in [2.05, 4.69) is 17.2 Å². The molecule has 0 aromatic carbocycles. The van der Waals surface area contributed by atoms with Crippen LogP contribution in [0.5, 0.6) is 0 Å². The number of hydrogen-bond acceptors (Lipinski definition) is 5. The first-order chi connectivity index (χ1) is 10.2. The number of methoxy groups -OCH3 is 1. The maximum absolute atomic E-state index is 12.0. The molecule has 0 spiro atoms. The second kappa shape index (κ2) is 6.10. The zero-order chi connectivity index (χ0) is 14.8. The molecule has 1 aliphatic heterocycles. The van der Waals surface area contributed by atoms with Crippen LogP contribution in [-0.4, -0.2) is 29.6 Å². The molecule has 114 valence electrons. The van der Waals surface area contributed by atoms with Gasteiger partial charge in [-0.1, -0.05) is 19.8 Å². The number of hydrogen-bond donors (Lipinski definition) is 1. The number of nitrogens with zero attached hydrogens (tertiary/aromatic N) is 2. The van der Waals surface area contributed by atoms with Gasteiger partial charge in [-0.15, -0.1) is 0 Å². The molecule has 0 atom stereocenters. The third-order valence-electron chi connectivity index (χ3n) is 4.71. The topological polar surface area (TPSA) is 64.1 Å². The summed E-state index contributed by atoms with van der Waals surface area (Å²) >= 11 is 0. The smallest absolute Gasteiger partial charge is 0.357 e. The van der Waals surface area contributed by atoms with Crippen molar-refractivity contribution in [2.45, 2.75) is 51.5 Å². The van der Waals surface area contributed by atoms with Crippen molar-refractivity contribution in [1.82, 2.24) is 15.3 Å². The molecule has 1 aliphatic carbocycles. The summed E-state index contributed by atoms with van der Waals surface area (Å²) in [5.74, 6) is 1.68. The van der Waals surface area contributed by atoms with E-state index in [1.807, 2.05) is 0 Å². The standard InChI is InChI=1S/C16H23N3O2/c1-10-3-5-11(6-4-10)15-18-13-9-17-8-7-12(13)14(19-15)16(20)21-2/h10-11,17H,3-9H2,1-2H3. The molecule has 1 N–H and O–H groups in total. The number of nitrogens with one attached hydrogen (secondary N) is 1. The van der Waals surface area contributed by atoms with Crippen molar-refractivity contribution in [3.63, 3.8) is 0 Å². The average molecular weight is 289 g/mol. The number of carbonyl (C=O) groups is 1. The number of esters is 1. The Morgan fingerprint density at radius 3 is 2.71 bits per heavy atom. The molecule has 3 rings (SSSR count). The van der Waals surface area contributed by atoms with Gasteiger partial charge >= 0.3 is 5.97 Å². The van der Waals surface area contributed by atoms with Gasteiger partial charge in [0.15, 0.2) is 5.69 Å². The van der Waals surface area contributed by atoms with Crippen LogP contribution in [0, 0.1) is 5.92 Å². The monoisotopic (exact) mass is 289 g/mol. The number of fused-ring (bicyclic) bond motifs is 1. The first-order valence-corrected chi connectivity index (χ1v) is 7.87. The van der Waals surface area contributed by atoms with Gasteiger partial charge in [0.05, 0.1) is 12.8 Å². The van der Waals surface area contributed by atoms with Gasteiger partial charge in [0.1, 0.15) is 5.82 Å². The lowest BCUT2D eigenvalue weighted by atomic mass is 9.82. The summed E-state index contributed by atoms with van der Waals surface area (Å²) in [7, 11) is 1.42. The van der Waals surface area contributed by atoms with Crippen LogP contribution in [0.25, 0.3) is 0 Å². The van der Waals surface area contributed by atoms with Crippen molar-refractivity contribution < 1.29 is 9.53 Å². The summed E-state index contributed by atoms with van der Waals surface area (Å²) in [6.07, 6.45) is 5.47. The molecule has 1 fully saturated rings. The lowest BCUT2D eigenvalue weighted by molar-refractivity contribution is 0.0591. The highest BCUT2D eigenvalue weighted by Crippen LogP contribution is 2.34. The fraction of sp³-hybridized carbons (Fsp3) is 0.688. The van der Waals surface area contributed by atoms with Crippen molar-refractivity contribution in [3.05, 3.63) is 22.8 Å². The van der Waals surface area contributed by atoms with Crippen LogP contribution >= 0.6 is 0 Å². The van der Waals surface area contributed by atoms with E-state index in [1.54, 1.807) is 0 Å². The highest BCUT2D eigenvalue weighted by Gasteiger charge is 2.27. The largest absolute Gasteiger partial charge is 0.464 e. The number of aromatic nitrogens is 2. The zero-order valence-corrected chi connectivity index (χ0v) is 12.8. The third kappa shape index (κ3) is 2.93. The molecule has 2 heterocycles. The minimum atomic E-state index is -0.332. The molecular weight excluding hydrogens is 266 g/mol. The molecule has 2 aliphatic rings. The van der Waals surface area contributed by atoms with Gasteiger partial charge < -0.3 is 10.1 Å². The molecule has 0 bridgehead atoms. The lowest BCUT2D eigenvalue weighted by Crippen LogP contribution is -2.29. The van der Waals surface area contributed by atoms with Gasteiger partial charge in [0.2, 0.25) is 0 Å². The van der Waals surface area contributed by atoms with E-state index < -0.39 is 0 Å². The maximum atomic E-state index is 12.0. The lowest BCUT2D eigenvalue weighted by Gasteiger charge is -2.27. The van der Waals surface area contributed by atoms with Crippen molar-refractivity contribution >= 4 is 5.97 Å². The van der Waals surface area contributed by atoms with Gasteiger partial charge in [-0.05, 0) is 31.7 Å². The fourth-order valence-corrected chi connectivity index (χ4v) is 3.34. The van der Waals surface area contributed by atoms with Crippen molar-refractivity contribution in [2.75, 3.05) is 13.7 Å². The second-order valence-corrected chi connectivity index (χ2v) is 6.23. The van der Waals surface area contributed by atoms with Crippen LogP contribution < -0.4 is 5.32 Å². The molecule has 21 heavy (non-hydrogen) atoms. The highest BCUT2D eigenvalue weighted by molar-refractivity contribution is 5.89. The minimum absolute atomic E-state index is 0.332. The average Bonchev–Trinajstić information content (AvgIpc) is 2.53. The van der Waals surface area contributed by atoms with E-state index in [1.165, 1.54) is 20.0 Å². The van der Waals surface area contributed by atoms with E-state index in [4.69, 9.17) is 9.72 Å². The Morgan fingerprint density at radius 2 is 2.00 bits per heavy atom. The van der Waals surface area contributed by atoms with E-state index in [0.717, 1.165) is 55.4 Å². The Kier molecular flexibility index (Phi) is 4.19. The van der Waals surface area contributed by atoms with Gasteiger partial charge in [0, 0.05) is 18.0 Å². The first-order valence-electron chi connectivity index (χ1n) is 7.87. The van der Waals surface area contributed by atoms with Gasteiger partial charge in [-0.25, -0.2) is 14.8 Å². The van der Waals surface area contributed by atoms with Crippen LogP contribution in [0.2, 0.25) is 0 Å². The fourth-order valence-electron chi connectivity index (χ4n) is 3.34. The summed E-state index contributed by atoms with van der Waals surface area (Å²) in [6, 6.07) is 0. The molecule has 5 heteroatoms. The SMILES string of the molecule is COC(=O)c1nc(C2CCC(C)CC2)nc2c1CCNC2. The van der Waals surface area contributed by atoms with Crippen LogP contribution in [0.1, 0.15) is 66.1 Å². The van der Waals surface area contributed by atoms with Gasteiger partial charge in [-0.3, -0.25) is 0 Å². The van der Waals surface area contributed by atoms with Crippen LogP contribution in [0.15, 0.2) is 0 Å². The summed E-state index contributed by atoms with van der Waals surface area (Å²) < 4.78 is 4.91. The second-order valence-electron chi connectivity index (χ2n) is 6.23. The summed E-state index contributed by atoms with van der Waals surface area (Å²) in [4.78, 5) is 21.4. The van der Waals surface area contributed by atoms with Gasteiger partial charge in [0.25, 0.3) is 0 Å². The van der Waals surface area contributed by atoms with Crippen LogP contribution in [-0.2, 0) is 17.7 Å². The van der Waals surface area contributed by atoms with Crippen molar-refractivity contribution in [2.24, 2.45) is 5.92 Å². The Hall–Kier alpha value is -1.49. The van der Waals surface area contributed by atoms with Crippen LogP contribution in [0.4, 0.5) is 0 Å². The van der Waals surface area contributed by atoms with Gasteiger partial charge in [-0.2, -0.15) is 0 Å². The Labute approximate surface area is 125 Å². The number of ether oxygens (including phenoxy) is 1. The zero-order valence-electron chi connectivity index (χ0n) is 12.8. The molecule has 1 aromatic heterocycles. The molecular formula is C16H23N3O2. The summed E-state index contributed by atoms with van der Waals surface area (Å²) in [5.41, 5.74) is 2.43. The maximum Gasteiger partial charge on any atom is 0.357 e. The molecule has 0 unspecified atom stereocenters. The molecule has 1 aromatic rings. The van der Waals surface area contributed by atoms with Crippen LogP contribution in [0.3, 0.4) is 0 Å². The normalized spacial score (nSPS) is 25.2. The number of rotatable bonds is 2. The van der Waals surface area contributed by atoms with Crippen molar-refractivity contribution in [1.29, 1.82) is 0 Å². The minimum Gasteiger partial charge on any atom is -0.464 e. The predicted molar refractivity (Wildman–Crippen MR) is 79.2 cm³/mol. The van der Waals surface area contributed by atoms with E-state index >= 15 is 0 Å². The summed E-state index contributed by atoms with van der Waals surface area (Å²) in [5, 5.41) is 3.32.